The molecule has 0 aromatic heterocycles. The third-order valence-electron chi connectivity index (χ3n) is 4.73. The van der Waals surface area contributed by atoms with E-state index >= 15 is 0 Å². The molecule has 7 heteroatoms. The van der Waals surface area contributed by atoms with Crippen molar-refractivity contribution >= 4 is 29.1 Å². The zero-order chi connectivity index (χ0) is 20.1. The molecule has 0 saturated carbocycles. The minimum Gasteiger partial charge on any atom is -0.339 e. The Morgan fingerprint density at radius 1 is 0.929 bits per heavy atom. The Morgan fingerprint density at radius 3 is 2.07 bits per heavy atom. The largest absolute Gasteiger partial charge is 0.339 e. The predicted molar refractivity (Wildman–Crippen MR) is 104 cm³/mol. The van der Waals surface area contributed by atoms with E-state index in [1.54, 1.807) is 41.3 Å². The minimum absolute atomic E-state index is 0.0599. The number of carbonyl (C=O) groups is 3. The lowest BCUT2D eigenvalue weighted by Gasteiger charge is -2.31. The average molecular weight is 383 g/mol. The van der Waals surface area contributed by atoms with Crippen LogP contribution in [0.3, 0.4) is 0 Å². The molecule has 0 atom stereocenters. The second-order valence-corrected chi connectivity index (χ2v) is 6.79. The van der Waals surface area contributed by atoms with Crippen molar-refractivity contribution < 1.29 is 18.8 Å². The van der Waals surface area contributed by atoms with Crippen molar-refractivity contribution in [2.24, 2.45) is 5.92 Å². The average Bonchev–Trinajstić information content (AvgIpc) is 2.69. The highest BCUT2D eigenvalue weighted by molar-refractivity contribution is 5.96. The van der Waals surface area contributed by atoms with Gasteiger partial charge in [0, 0.05) is 37.3 Å². The number of hydrogen-bond donors (Lipinski definition) is 2. The molecule has 6 nitrogen and oxygen atoms in total. The SMILES string of the molecule is CC(=O)Nc1ccc(NC(=O)C2CCN(C(=O)c3ccccc3F)CC2)cc1. The normalized spacial score (nSPS) is 14.4. The fraction of sp³-hybridized carbons (Fsp3) is 0.286. The monoisotopic (exact) mass is 383 g/mol. The lowest BCUT2D eigenvalue weighted by molar-refractivity contribution is -0.121. The number of nitrogens with one attached hydrogen (secondary N) is 2. The van der Waals surface area contributed by atoms with Crippen LogP contribution in [0.1, 0.15) is 30.1 Å². The molecule has 1 aliphatic rings. The van der Waals surface area contributed by atoms with E-state index in [4.69, 9.17) is 0 Å². The second-order valence-electron chi connectivity index (χ2n) is 6.79. The highest BCUT2D eigenvalue weighted by atomic mass is 19.1. The summed E-state index contributed by atoms with van der Waals surface area (Å²) in [5.74, 6) is -1.35. The first-order chi connectivity index (χ1) is 13.4. The highest BCUT2D eigenvalue weighted by Gasteiger charge is 2.28. The van der Waals surface area contributed by atoms with Gasteiger partial charge in [-0.1, -0.05) is 12.1 Å². The number of nitrogens with zero attached hydrogens (tertiary/aromatic N) is 1. The molecule has 28 heavy (non-hydrogen) atoms. The second kappa shape index (κ2) is 8.65. The molecule has 1 fully saturated rings. The molecule has 0 aliphatic carbocycles. The van der Waals surface area contributed by atoms with Gasteiger partial charge < -0.3 is 15.5 Å². The summed E-state index contributed by atoms with van der Waals surface area (Å²) in [7, 11) is 0. The van der Waals surface area contributed by atoms with Crippen molar-refractivity contribution in [2.45, 2.75) is 19.8 Å². The van der Waals surface area contributed by atoms with Gasteiger partial charge in [-0.25, -0.2) is 4.39 Å². The van der Waals surface area contributed by atoms with Gasteiger partial charge in [0.25, 0.3) is 5.91 Å². The van der Waals surface area contributed by atoms with Crippen LogP contribution in [0.4, 0.5) is 15.8 Å². The van der Waals surface area contributed by atoms with Crippen molar-refractivity contribution in [3.63, 3.8) is 0 Å². The summed E-state index contributed by atoms with van der Waals surface area (Å²) in [5, 5.41) is 5.53. The van der Waals surface area contributed by atoms with Crippen molar-refractivity contribution in [1.29, 1.82) is 0 Å². The first-order valence-corrected chi connectivity index (χ1v) is 9.16. The predicted octanol–water partition coefficient (Wildman–Crippen LogP) is 3.28. The van der Waals surface area contributed by atoms with Gasteiger partial charge in [-0.2, -0.15) is 0 Å². The molecule has 146 valence electrons. The van der Waals surface area contributed by atoms with E-state index in [0.717, 1.165) is 0 Å². The maximum atomic E-state index is 13.8. The lowest BCUT2D eigenvalue weighted by atomic mass is 9.95. The van der Waals surface area contributed by atoms with Crippen molar-refractivity contribution in [3.8, 4) is 0 Å². The first kappa shape index (κ1) is 19.5. The van der Waals surface area contributed by atoms with Crippen LogP contribution in [-0.4, -0.2) is 35.7 Å². The summed E-state index contributed by atoms with van der Waals surface area (Å²) >= 11 is 0. The third-order valence-corrected chi connectivity index (χ3v) is 4.73. The Morgan fingerprint density at radius 2 is 1.50 bits per heavy atom. The summed E-state index contributed by atoms with van der Waals surface area (Å²) in [6.45, 7) is 2.25. The maximum Gasteiger partial charge on any atom is 0.256 e. The number of likely N-dealkylation sites (tertiary alicyclic amines) is 1. The van der Waals surface area contributed by atoms with E-state index in [1.807, 2.05) is 0 Å². The number of rotatable bonds is 4. The molecule has 2 aromatic carbocycles. The summed E-state index contributed by atoms with van der Waals surface area (Å²) in [6.07, 6.45) is 1.05. The Kier molecular flexibility index (Phi) is 6.03. The molecule has 1 saturated heterocycles. The third kappa shape index (κ3) is 4.73. The minimum atomic E-state index is -0.532. The summed E-state index contributed by atoms with van der Waals surface area (Å²) in [6, 6.07) is 12.8. The lowest BCUT2D eigenvalue weighted by Crippen LogP contribution is -2.41. The van der Waals surface area contributed by atoms with Gasteiger partial charge in [-0.15, -0.1) is 0 Å². The molecule has 3 amide bonds. The summed E-state index contributed by atoms with van der Waals surface area (Å²) < 4.78 is 13.8. The van der Waals surface area contributed by atoms with Gasteiger partial charge in [0.05, 0.1) is 5.56 Å². The van der Waals surface area contributed by atoms with E-state index in [1.165, 1.54) is 19.1 Å². The van der Waals surface area contributed by atoms with Crippen molar-refractivity contribution in [3.05, 3.63) is 59.9 Å². The van der Waals surface area contributed by atoms with Crippen LogP contribution < -0.4 is 10.6 Å². The molecule has 2 aromatic rings. The molecule has 1 heterocycles. The van der Waals surface area contributed by atoms with Crippen LogP contribution >= 0.6 is 0 Å². The van der Waals surface area contributed by atoms with E-state index in [2.05, 4.69) is 10.6 Å². The van der Waals surface area contributed by atoms with Crippen LogP contribution in [0, 0.1) is 11.7 Å². The Labute approximate surface area is 162 Å². The number of benzene rings is 2. The van der Waals surface area contributed by atoms with Crippen LogP contribution in [-0.2, 0) is 9.59 Å². The first-order valence-electron chi connectivity index (χ1n) is 9.16. The smallest absolute Gasteiger partial charge is 0.256 e. The van der Waals surface area contributed by atoms with Gasteiger partial charge in [-0.3, -0.25) is 14.4 Å². The van der Waals surface area contributed by atoms with Crippen molar-refractivity contribution in [1.82, 2.24) is 4.90 Å². The molecule has 0 spiro atoms. The van der Waals surface area contributed by atoms with Crippen molar-refractivity contribution in [2.75, 3.05) is 23.7 Å². The van der Waals surface area contributed by atoms with Gasteiger partial charge in [-0.05, 0) is 49.2 Å². The Balaban J connectivity index is 1.53. The zero-order valence-electron chi connectivity index (χ0n) is 15.6. The van der Waals surface area contributed by atoms with E-state index in [0.29, 0.717) is 37.3 Å². The zero-order valence-corrected chi connectivity index (χ0v) is 15.6. The van der Waals surface area contributed by atoms with E-state index in [9.17, 15) is 18.8 Å². The number of piperidine rings is 1. The van der Waals surface area contributed by atoms with Crippen LogP contribution in [0.25, 0.3) is 0 Å². The van der Waals surface area contributed by atoms with Crippen LogP contribution in [0.15, 0.2) is 48.5 Å². The summed E-state index contributed by atoms with van der Waals surface area (Å²) in [4.78, 5) is 37.6. The van der Waals surface area contributed by atoms with Gasteiger partial charge in [0.1, 0.15) is 5.82 Å². The molecule has 1 aliphatic heterocycles. The Bertz CT molecular complexity index is 875. The number of amides is 3. The fourth-order valence-electron chi connectivity index (χ4n) is 3.23. The quantitative estimate of drug-likeness (QED) is 0.851. The Hall–Kier alpha value is -3.22. The number of anilines is 2. The van der Waals surface area contributed by atoms with E-state index < -0.39 is 5.82 Å². The number of hydrogen-bond acceptors (Lipinski definition) is 3. The number of carbonyl (C=O) groups excluding carboxylic acids is 3. The molecule has 0 bridgehead atoms. The fourth-order valence-corrected chi connectivity index (χ4v) is 3.23. The van der Waals surface area contributed by atoms with Gasteiger partial charge in [0.2, 0.25) is 11.8 Å². The van der Waals surface area contributed by atoms with Crippen LogP contribution in [0.2, 0.25) is 0 Å². The standard InChI is InChI=1S/C21H22FN3O3/c1-14(26)23-16-6-8-17(9-7-16)24-20(27)15-10-12-25(13-11-15)21(28)18-4-2-3-5-19(18)22/h2-9,15H,10-13H2,1H3,(H,23,26)(H,24,27). The summed E-state index contributed by atoms with van der Waals surface area (Å²) in [5.41, 5.74) is 1.36. The van der Waals surface area contributed by atoms with Gasteiger partial charge >= 0.3 is 0 Å². The molecule has 0 unspecified atom stereocenters. The van der Waals surface area contributed by atoms with Crippen LogP contribution in [0.5, 0.6) is 0 Å². The number of halogens is 1. The molecule has 0 radical (unpaired) electrons. The highest BCUT2D eigenvalue weighted by Crippen LogP contribution is 2.22. The molecule has 3 rings (SSSR count). The topological polar surface area (TPSA) is 78.5 Å². The molecular formula is C21H22FN3O3. The molecule has 2 N–H and O–H groups in total. The van der Waals surface area contributed by atoms with Gasteiger partial charge in [0.15, 0.2) is 0 Å². The van der Waals surface area contributed by atoms with E-state index in [-0.39, 0.29) is 29.2 Å². The molecular weight excluding hydrogens is 361 g/mol. The maximum absolute atomic E-state index is 13.8.